The van der Waals surface area contributed by atoms with Crippen molar-refractivity contribution in [2.45, 2.75) is 20.0 Å². The van der Waals surface area contributed by atoms with Crippen LogP contribution in [0.25, 0.3) is 0 Å². The van der Waals surface area contributed by atoms with Gasteiger partial charge in [0.05, 0.1) is 0 Å². The number of halogens is 1. The Bertz CT molecular complexity index is 288. The van der Waals surface area contributed by atoms with Crippen LogP contribution in [0.3, 0.4) is 0 Å². The van der Waals surface area contributed by atoms with Crippen LogP contribution in [0.15, 0.2) is 18.2 Å². The molecule has 0 fully saturated rings. The van der Waals surface area contributed by atoms with Crippen LogP contribution in [0.4, 0.5) is 0 Å². The van der Waals surface area contributed by atoms with E-state index in [0.29, 0.717) is 6.54 Å². The second-order valence-corrected chi connectivity index (χ2v) is 3.48. The molecule has 1 atom stereocenters. The quantitative estimate of drug-likeness (QED) is 0.812. The molecule has 0 amide bonds. The Morgan fingerprint density at radius 1 is 1.54 bits per heavy atom. The number of benzene rings is 1. The van der Waals surface area contributed by atoms with E-state index in [9.17, 15) is 0 Å². The molecule has 0 aromatic heterocycles. The molecule has 0 radical (unpaired) electrons. The van der Waals surface area contributed by atoms with Crippen molar-refractivity contribution in [3.63, 3.8) is 0 Å². The van der Waals surface area contributed by atoms with Gasteiger partial charge in [0.25, 0.3) is 0 Å². The fourth-order valence-electron chi connectivity index (χ4n) is 0.971. The molecule has 1 aromatic rings. The van der Waals surface area contributed by atoms with Gasteiger partial charge >= 0.3 is 0 Å². The van der Waals surface area contributed by atoms with Crippen molar-refractivity contribution < 1.29 is 4.74 Å². The first-order valence-electron chi connectivity index (χ1n) is 4.26. The third-order valence-electron chi connectivity index (χ3n) is 1.80. The van der Waals surface area contributed by atoms with Gasteiger partial charge in [0.15, 0.2) is 0 Å². The van der Waals surface area contributed by atoms with E-state index < -0.39 is 0 Å². The molecule has 0 bridgehead atoms. The van der Waals surface area contributed by atoms with Gasteiger partial charge in [-0.25, -0.2) is 0 Å². The summed E-state index contributed by atoms with van der Waals surface area (Å²) >= 11 is 5.87. The van der Waals surface area contributed by atoms with E-state index in [-0.39, 0.29) is 6.10 Å². The lowest BCUT2D eigenvalue weighted by Crippen LogP contribution is -2.22. The van der Waals surface area contributed by atoms with Gasteiger partial charge in [-0.1, -0.05) is 11.6 Å². The van der Waals surface area contributed by atoms with Crippen molar-refractivity contribution in [3.05, 3.63) is 28.8 Å². The van der Waals surface area contributed by atoms with Crippen LogP contribution in [-0.2, 0) is 0 Å². The molecule has 3 heteroatoms. The van der Waals surface area contributed by atoms with Gasteiger partial charge in [0.2, 0.25) is 0 Å². The van der Waals surface area contributed by atoms with Crippen molar-refractivity contribution in [2.24, 2.45) is 5.73 Å². The molecular weight excluding hydrogens is 186 g/mol. The number of rotatable bonds is 3. The number of hydrogen-bond acceptors (Lipinski definition) is 2. The lowest BCUT2D eigenvalue weighted by molar-refractivity contribution is 0.230. The van der Waals surface area contributed by atoms with Gasteiger partial charge in [-0.15, -0.1) is 0 Å². The van der Waals surface area contributed by atoms with Crippen LogP contribution >= 0.6 is 11.6 Å². The fourth-order valence-corrected chi connectivity index (χ4v) is 1.09. The topological polar surface area (TPSA) is 35.2 Å². The maximum atomic E-state index is 5.87. The first kappa shape index (κ1) is 10.4. The normalized spacial score (nSPS) is 12.6. The molecule has 0 aliphatic heterocycles. The van der Waals surface area contributed by atoms with Crippen LogP contribution in [0.2, 0.25) is 5.02 Å². The summed E-state index contributed by atoms with van der Waals surface area (Å²) in [5.74, 6) is 0.819. The Morgan fingerprint density at radius 3 is 2.77 bits per heavy atom. The Balaban J connectivity index is 2.73. The Kier molecular flexibility index (Phi) is 3.58. The molecule has 1 unspecified atom stereocenters. The van der Waals surface area contributed by atoms with Gasteiger partial charge in [-0.2, -0.15) is 0 Å². The molecule has 72 valence electrons. The molecule has 2 nitrogen and oxygen atoms in total. The van der Waals surface area contributed by atoms with Crippen molar-refractivity contribution in [2.75, 3.05) is 6.54 Å². The highest BCUT2D eigenvalue weighted by Gasteiger charge is 2.02. The summed E-state index contributed by atoms with van der Waals surface area (Å²) in [6.45, 7) is 4.40. The first-order valence-corrected chi connectivity index (χ1v) is 4.64. The second-order valence-electron chi connectivity index (χ2n) is 3.08. The molecule has 0 saturated carbocycles. The maximum Gasteiger partial charge on any atom is 0.120 e. The Hall–Kier alpha value is -0.730. The van der Waals surface area contributed by atoms with Gasteiger partial charge < -0.3 is 10.5 Å². The largest absolute Gasteiger partial charge is 0.489 e. The van der Waals surface area contributed by atoms with Gasteiger partial charge in [0, 0.05) is 11.6 Å². The van der Waals surface area contributed by atoms with Crippen molar-refractivity contribution >= 4 is 11.6 Å². The van der Waals surface area contributed by atoms with Crippen LogP contribution in [0.1, 0.15) is 12.5 Å². The Labute approximate surface area is 83.6 Å². The number of ether oxygens (including phenoxy) is 1. The third-order valence-corrected chi connectivity index (χ3v) is 2.22. The van der Waals surface area contributed by atoms with Crippen LogP contribution in [0, 0.1) is 6.92 Å². The van der Waals surface area contributed by atoms with E-state index in [0.717, 1.165) is 16.3 Å². The van der Waals surface area contributed by atoms with Crippen molar-refractivity contribution in [1.29, 1.82) is 0 Å². The van der Waals surface area contributed by atoms with E-state index >= 15 is 0 Å². The smallest absolute Gasteiger partial charge is 0.120 e. The summed E-state index contributed by atoms with van der Waals surface area (Å²) in [5, 5.41) is 0.757. The first-order chi connectivity index (χ1) is 6.13. The lowest BCUT2D eigenvalue weighted by Gasteiger charge is -2.12. The molecule has 0 heterocycles. The summed E-state index contributed by atoms with van der Waals surface area (Å²) in [4.78, 5) is 0. The minimum atomic E-state index is 0.0422. The molecule has 2 N–H and O–H groups in total. The van der Waals surface area contributed by atoms with Gasteiger partial charge in [-0.3, -0.25) is 0 Å². The highest BCUT2D eigenvalue weighted by Crippen LogP contribution is 2.21. The highest BCUT2D eigenvalue weighted by molar-refractivity contribution is 6.31. The summed E-state index contributed by atoms with van der Waals surface area (Å²) in [6.07, 6.45) is 0.0422. The SMILES string of the molecule is Cc1cc(OC(C)CN)ccc1Cl. The monoisotopic (exact) mass is 199 g/mol. The highest BCUT2D eigenvalue weighted by atomic mass is 35.5. The van der Waals surface area contributed by atoms with E-state index in [1.54, 1.807) is 0 Å². The molecule has 0 spiro atoms. The van der Waals surface area contributed by atoms with E-state index in [1.165, 1.54) is 0 Å². The zero-order valence-corrected chi connectivity index (χ0v) is 8.64. The van der Waals surface area contributed by atoms with Crippen molar-refractivity contribution in [1.82, 2.24) is 0 Å². The van der Waals surface area contributed by atoms with E-state index in [2.05, 4.69) is 0 Å². The lowest BCUT2D eigenvalue weighted by atomic mass is 10.2. The zero-order valence-electron chi connectivity index (χ0n) is 7.88. The zero-order chi connectivity index (χ0) is 9.84. The number of nitrogens with two attached hydrogens (primary N) is 1. The van der Waals surface area contributed by atoms with Gasteiger partial charge in [0.1, 0.15) is 11.9 Å². The summed E-state index contributed by atoms with van der Waals surface area (Å²) in [5.41, 5.74) is 6.45. The molecule has 0 aliphatic carbocycles. The second kappa shape index (κ2) is 4.49. The van der Waals surface area contributed by atoms with Crippen molar-refractivity contribution in [3.8, 4) is 5.75 Å². The number of aryl methyl sites for hydroxylation is 1. The van der Waals surface area contributed by atoms with Crippen LogP contribution in [-0.4, -0.2) is 12.6 Å². The predicted octanol–water partition coefficient (Wildman–Crippen LogP) is 2.37. The average molecular weight is 200 g/mol. The fraction of sp³-hybridized carbons (Fsp3) is 0.400. The summed E-state index contributed by atoms with van der Waals surface area (Å²) in [7, 11) is 0. The maximum absolute atomic E-state index is 5.87. The minimum Gasteiger partial charge on any atom is -0.489 e. The Morgan fingerprint density at radius 2 is 2.23 bits per heavy atom. The summed E-state index contributed by atoms with van der Waals surface area (Å²) in [6, 6.07) is 5.59. The summed E-state index contributed by atoms with van der Waals surface area (Å²) < 4.78 is 5.52. The third kappa shape index (κ3) is 2.90. The average Bonchev–Trinajstić information content (AvgIpc) is 2.11. The minimum absolute atomic E-state index is 0.0422. The molecule has 1 aromatic carbocycles. The molecule has 0 aliphatic rings. The molecular formula is C10H14ClNO. The van der Waals surface area contributed by atoms with Crippen LogP contribution < -0.4 is 10.5 Å². The van der Waals surface area contributed by atoms with E-state index in [4.69, 9.17) is 22.1 Å². The predicted molar refractivity (Wildman–Crippen MR) is 55.3 cm³/mol. The van der Waals surface area contributed by atoms with E-state index in [1.807, 2.05) is 32.0 Å². The van der Waals surface area contributed by atoms with Crippen LogP contribution in [0.5, 0.6) is 5.75 Å². The molecule has 1 rings (SSSR count). The molecule has 13 heavy (non-hydrogen) atoms. The number of hydrogen-bond donors (Lipinski definition) is 1. The molecule has 0 saturated heterocycles. The standard InChI is InChI=1S/C10H14ClNO/c1-7-5-9(3-4-10(7)11)13-8(2)6-12/h3-5,8H,6,12H2,1-2H3. The van der Waals surface area contributed by atoms with Gasteiger partial charge in [-0.05, 0) is 37.6 Å².